The van der Waals surface area contributed by atoms with Crippen LogP contribution in [-0.4, -0.2) is 25.9 Å². The van der Waals surface area contributed by atoms with Crippen molar-refractivity contribution in [1.29, 1.82) is 0 Å². The van der Waals surface area contributed by atoms with E-state index < -0.39 is 8.24 Å². The molecule has 2 heteroatoms. The standard InChI is InChI=1S/C12H27NSi/c1-6-11-14(10-5,12-7-2)13(8-3)9-4/h10H,5-9,11-12H2,1-4H3. The molecule has 0 N–H and O–H groups in total. The van der Waals surface area contributed by atoms with Crippen LogP contribution in [0.2, 0.25) is 12.1 Å². The van der Waals surface area contributed by atoms with Crippen LogP contribution >= 0.6 is 0 Å². The van der Waals surface area contributed by atoms with Gasteiger partial charge in [0.2, 0.25) is 0 Å². The lowest BCUT2D eigenvalue weighted by Crippen LogP contribution is -2.51. The van der Waals surface area contributed by atoms with Gasteiger partial charge in [0.05, 0.1) is 0 Å². The number of hydrogen-bond acceptors (Lipinski definition) is 1. The summed E-state index contributed by atoms with van der Waals surface area (Å²) in [7, 11) is -1.30. The van der Waals surface area contributed by atoms with E-state index in [1.165, 1.54) is 38.0 Å². The van der Waals surface area contributed by atoms with Crippen LogP contribution in [0, 0.1) is 0 Å². The lowest BCUT2D eigenvalue weighted by Gasteiger charge is -2.39. The second kappa shape index (κ2) is 7.24. The van der Waals surface area contributed by atoms with Crippen molar-refractivity contribution in [2.75, 3.05) is 13.1 Å². The van der Waals surface area contributed by atoms with Crippen LogP contribution in [0.4, 0.5) is 0 Å². The summed E-state index contributed by atoms with van der Waals surface area (Å²) >= 11 is 0. The quantitative estimate of drug-likeness (QED) is 0.554. The van der Waals surface area contributed by atoms with Crippen molar-refractivity contribution >= 4 is 8.24 Å². The molecule has 14 heavy (non-hydrogen) atoms. The third-order valence-electron chi connectivity index (χ3n) is 3.14. The van der Waals surface area contributed by atoms with Gasteiger partial charge in [-0.05, 0) is 25.2 Å². The van der Waals surface area contributed by atoms with Gasteiger partial charge in [0.25, 0.3) is 0 Å². The van der Waals surface area contributed by atoms with E-state index in [0.29, 0.717) is 0 Å². The Morgan fingerprint density at radius 1 is 1.00 bits per heavy atom. The van der Waals surface area contributed by atoms with E-state index in [1.807, 2.05) is 0 Å². The summed E-state index contributed by atoms with van der Waals surface area (Å²) in [6.07, 6.45) is 2.60. The maximum atomic E-state index is 4.11. The second-order valence-electron chi connectivity index (χ2n) is 3.98. The van der Waals surface area contributed by atoms with Gasteiger partial charge in [0.1, 0.15) is 0 Å². The number of nitrogens with zero attached hydrogens (tertiary/aromatic N) is 1. The minimum atomic E-state index is -1.30. The summed E-state index contributed by atoms with van der Waals surface area (Å²) < 4.78 is 2.69. The van der Waals surface area contributed by atoms with Gasteiger partial charge in [0, 0.05) is 0 Å². The Morgan fingerprint density at radius 3 is 1.64 bits per heavy atom. The van der Waals surface area contributed by atoms with E-state index in [1.54, 1.807) is 0 Å². The molecule has 0 saturated carbocycles. The summed E-state index contributed by atoms with van der Waals surface area (Å²) in [6, 6.07) is 2.76. The van der Waals surface area contributed by atoms with Crippen LogP contribution in [0.3, 0.4) is 0 Å². The van der Waals surface area contributed by atoms with E-state index >= 15 is 0 Å². The smallest absolute Gasteiger partial charge is 0.152 e. The molecule has 0 radical (unpaired) electrons. The molecule has 0 heterocycles. The zero-order valence-electron chi connectivity index (χ0n) is 10.5. The van der Waals surface area contributed by atoms with Crippen LogP contribution in [0.25, 0.3) is 0 Å². The summed E-state index contributed by atoms with van der Waals surface area (Å²) in [5, 5.41) is 0. The van der Waals surface area contributed by atoms with E-state index in [4.69, 9.17) is 0 Å². The van der Waals surface area contributed by atoms with Crippen molar-refractivity contribution in [3.05, 3.63) is 12.3 Å². The van der Waals surface area contributed by atoms with Crippen LogP contribution in [-0.2, 0) is 0 Å². The Kier molecular flexibility index (Phi) is 7.20. The van der Waals surface area contributed by atoms with E-state index in [-0.39, 0.29) is 0 Å². The monoisotopic (exact) mass is 213 g/mol. The molecule has 0 atom stereocenters. The highest BCUT2D eigenvalue weighted by molar-refractivity contribution is 6.81. The average molecular weight is 213 g/mol. The molecule has 1 nitrogen and oxygen atoms in total. The molecule has 0 aromatic heterocycles. The first-order chi connectivity index (χ1) is 6.70. The predicted octanol–water partition coefficient (Wildman–Crippen LogP) is 3.82. The fourth-order valence-corrected chi connectivity index (χ4v) is 7.03. The third kappa shape index (κ3) is 3.25. The van der Waals surface area contributed by atoms with Gasteiger partial charge in [-0.1, -0.05) is 46.2 Å². The highest BCUT2D eigenvalue weighted by Gasteiger charge is 2.32. The number of hydrogen-bond donors (Lipinski definition) is 0. The highest BCUT2D eigenvalue weighted by Crippen LogP contribution is 2.24. The van der Waals surface area contributed by atoms with Gasteiger partial charge in [-0.25, -0.2) is 0 Å². The first-order valence-corrected chi connectivity index (χ1v) is 8.53. The van der Waals surface area contributed by atoms with Crippen LogP contribution in [0.1, 0.15) is 40.5 Å². The molecule has 0 aromatic carbocycles. The summed E-state index contributed by atoms with van der Waals surface area (Å²) in [6.45, 7) is 15.6. The highest BCUT2D eigenvalue weighted by atomic mass is 28.3. The van der Waals surface area contributed by atoms with Gasteiger partial charge in [-0.15, -0.1) is 6.58 Å². The third-order valence-corrected chi connectivity index (χ3v) is 8.52. The molecule has 0 rings (SSSR count). The van der Waals surface area contributed by atoms with E-state index in [2.05, 4.69) is 44.5 Å². The Balaban J connectivity index is 4.68. The Hall–Kier alpha value is -0.0831. The Morgan fingerprint density at radius 2 is 1.43 bits per heavy atom. The molecule has 0 bridgehead atoms. The summed E-state index contributed by atoms with van der Waals surface area (Å²) in [5.41, 5.74) is 2.31. The van der Waals surface area contributed by atoms with Gasteiger partial charge in [-0.2, -0.15) is 0 Å². The fourth-order valence-electron chi connectivity index (χ4n) is 2.49. The van der Waals surface area contributed by atoms with Crippen molar-refractivity contribution in [3.8, 4) is 0 Å². The topological polar surface area (TPSA) is 3.24 Å². The average Bonchev–Trinajstić information content (AvgIpc) is 2.20. The SMILES string of the molecule is C=C[Si](CCC)(CCC)N(CC)CC. The fraction of sp³-hybridized carbons (Fsp3) is 0.833. The molecule has 0 fully saturated rings. The van der Waals surface area contributed by atoms with Crippen molar-refractivity contribution in [3.63, 3.8) is 0 Å². The van der Waals surface area contributed by atoms with Crippen molar-refractivity contribution in [2.24, 2.45) is 0 Å². The summed E-state index contributed by atoms with van der Waals surface area (Å²) in [5.74, 6) is 0. The van der Waals surface area contributed by atoms with Crippen LogP contribution in [0.15, 0.2) is 12.3 Å². The molecule has 0 aliphatic heterocycles. The molecule has 0 aromatic rings. The predicted molar refractivity (Wildman–Crippen MR) is 69.1 cm³/mol. The van der Waals surface area contributed by atoms with Gasteiger partial charge < -0.3 is 4.57 Å². The molecule has 0 aliphatic carbocycles. The maximum Gasteiger partial charge on any atom is 0.152 e. The van der Waals surface area contributed by atoms with Gasteiger partial charge in [-0.3, -0.25) is 0 Å². The zero-order chi connectivity index (χ0) is 11.0. The molecule has 0 aliphatic rings. The van der Waals surface area contributed by atoms with E-state index in [9.17, 15) is 0 Å². The lowest BCUT2D eigenvalue weighted by atomic mass is 10.6. The lowest BCUT2D eigenvalue weighted by molar-refractivity contribution is 0.461. The first kappa shape index (κ1) is 13.9. The summed E-state index contributed by atoms with van der Waals surface area (Å²) in [4.78, 5) is 0. The minimum absolute atomic E-state index is 1.19. The molecular weight excluding hydrogens is 186 g/mol. The largest absolute Gasteiger partial charge is 0.321 e. The maximum absolute atomic E-state index is 4.11. The second-order valence-corrected chi connectivity index (χ2v) is 8.23. The molecule has 84 valence electrons. The van der Waals surface area contributed by atoms with Crippen LogP contribution in [0.5, 0.6) is 0 Å². The molecule has 0 spiro atoms. The minimum Gasteiger partial charge on any atom is -0.321 e. The van der Waals surface area contributed by atoms with Gasteiger partial charge >= 0.3 is 0 Å². The zero-order valence-corrected chi connectivity index (χ0v) is 11.5. The molecule has 0 amide bonds. The normalized spacial score (nSPS) is 12.1. The van der Waals surface area contributed by atoms with Crippen molar-refractivity contribution in [1.82, 2.24) is 4.57 Å². The molecule has 0 unspecified atom stereocenters. The Bertz CT molecular complexity index is 146. The van der Waals surface area contributed by atoms with Gasteiger partial charge in [0.15, 0.2) is 8.24 Å². The number of rotatable bonds is 8. The Labute approximate surface area is 91.3 Å². The molecular formula is C12H27NSi. The van der Waals surface area contributed by atoms with Crippen molar-refractivity contribution in [2.45, 2.75) is 52.6 Å². The first-order valence-electron chi connectivity index (χ1n) is 6.09. The van der Waals surface area contributed by atoms with Crippen LogP contribution < -0.4 is 0 Å². The van der Waals surface area contributed by atoms with Crippen molar-refractivity contribution < 1.29 is 0 Å². The molecule has 0 saturated heterocycles. The van der Waals surface area contributed by atoms with E-state index in [0.717, 1.165) is 0 Å².